The predicted molar refractivity (Wildman–Crippen MR) is 266 cm³/mol. The minimum absolute atomic E-state index is 0.189. The number of hydrogen-bond acceptors (Lipinski definition) is 1. The van der Waals surface area contributed by atoms with Crippen molar-refractivity contribution >= 4 is 65.0 Å². The standard InChI is InChI=1S/C62H40O/c1-62(2)54-30-27-39(50-35-53-60-42-19-7-4-15-37(42)28-31-56(60)63-61(53)52-33-38-16-5-8-20-43(38)58(50)52)32-51(54)44-29-26-40(34-55(44)62)57-46-21-9-11-23-48(46)59(49-24-12-10-22-47(49)57)45-25-13-17-36-14-3-6-18-41(36)45/h3-32,34-35H,33H2,1-2H3. The number of fused-ring (bicyclic) bond motifs is 15. The van der Waals surface area contributed by atoms with Crippen LogP contribution in [0.2, 0.25) is 0 Å². The molecule has 294 valence electrons. The van der Waals surface area contributed by atoms with Crippen LogP contribution in [0, 0.1) is 0 Å². The van der Waals surface area contributed by atoms with Gasteiger partial charge in [0.05, 0.1) is 0 Å². The molecule has 1 heteroatoms. The fraction of sp³-hybridized carbons (Fsp3) is 0.0645. The summed E-state index contributed by atoms with van der Waals surface area (Å²) in [4.78, 5) is 0. The van der Waals surface area contributed by atoms with Crippen molar-refractivity contribution < 1.29 is 4.42 Å². The van der Waals surface area contributed by atoms with E-state index >= 15 is 0 Å². The first-order valence-corrected chi connectivity index (χ1v) is 22.2. The first kappa shape index (κ1) is 34.9. The van der Waals surface area contributed by atoms with Gasteiger partial charge in [-0.3, -0.25) is 0 Å². The summed E-state index contributed by atoms with van der Waals surface area (Å²) in [5, 5.41) is 12.5. The Hall–Kier alpha value is -7.74. The minimum Gasteiger partial charge on any atom is -0.456 e. The Balaban J connectivity index is 0.975. The van der Waals surface area contributed by atoms with Crippen molar-refractivity contribution in [3.05, 3.63) is 216 Å². The fourth-order valence-electron chi connectivity index (χ4n) is 11.8. The molecule has 0 radical (unpaired) electrons. The molecule has 0 saturated carbocycles. The zero-order chi connectivity index (χ0) is 41.6. The summed E-state index contributed by atoms with van der Waals surface area (Å²) in [6.45, 7) is 4.81. The summed E-state index contributed by atoms with van der Waals surface area (Å²) in [5.74, 6) is 0. The molecule has 0 N–H and O–H groups in total. The van der Waals surface area contributed by atoms with Crippen molar-refractivity contribution in [1.29, 1.82) is 0 Å². The number of benzene rings is 11. The van der Waals surface area contributed by atoms with Gasteiger partial charge in [-0.05, 0) is 140 Å². The van der Waals surface area contributed by atoms with Gasteiger partial charge in [-0.15, -0.1) is 0 Å². The first-order chi connectivity index (χ1) is 31.0. The Morgan fingerprint density at radius 1 is 0.381 bits per heavy atom. The van der Waals surface area contributed by atoms with Crippen LogP contribution in [0.4, 0.5) is 0 Å². The van der Waals surface area contributed by atoms with E-state index in [9.17, 15) is 0 Å². The van der Waals surface area contributed by atoms with Crippen LogP contribution in [-0.2, 0) is 11.8 Å². The van der Waals surface area contributed by atoms with Gasteiger partial charge in [0.2, 0.25) is 0 Å². The van der Waals surface area contributed by atoms with Crippen LogP contribution >= 0.6 is 0 Å². The Labute approximate surface area is 365 Å². The van der Waals surface area contributed by atoms with Crippen LogP contribution in [0.1, 0.15) is 36.1 Å². The molecule has 1 aromatic heterocycles. The first-order valence-electron chi connectivity index (χ1n) is 22.2. The zero-order valence-electron chi connectivity index (χ0n) is 35.1. The molecule has 1 nitrogen and oxygen atoms in total. The fourth-order valence-corrected chi connectivity index (χ4v) is 11.8. The Morgan fingerprint density at radius 3 is 1.78 bits per heavy atom. The summed E-state index contributed by atoms with van der Waals surface area (Å²) in [6.07, 6.45) is 0.865. The van der Waals surface area contributed by atoms with Crippen LogP contribution in [0.25, 0.3) is 121 Å². The quantitative estimate of drug-likeness (QED) is 0.162. The molecular weight excluding hydrogens is 761 g/mol. The molecular formula is C62H40O. The average molecular weight is 801 g/mol. The molecule has 11 aromatic carbocycles. The smallest absolute Gasteiger partial charge is 0.139 e. The molecule has 63 heavy (non-hydrogen) atoms. The van der Waals surface area contributed by atoms with Gasteiger partial charge in [0.15, 0.2) is 0 Å². The summed E-state index contributed by atoms with van der Waals surface area (Å²) < 4.78 is 6.82. The molecule has 12 aromatic rings. The van der Waals surface area contributed by atoms with E-state index in [0.717, 1.165) is 17.6 Å². The second-order valence-corrected chi connectivity index (χ2v) is 18.3. The van der Waals surface area contributed by atoms with Gasteiger partial charge < -0.3 is 4.42 Å². The molecule has 0 aliphatic heterocycles. The van der Waals surface area contributed by atoms with Gasteiger partial charge in [-0.1, -0.05) is 184 Å². The van der Waals surface area contributed by atoms with Crippen LogP contribution in [0.3, 0.4) is 0 Å². The van der Waals surface area contributed by atoms with Gasteiger partial charge in [-0.25, -0.2) is 0 Å². The van der Waals surface area contributed by atoms with Gasteiger partial charge in [0.1, 0.15) is 11.2 Å². The number of furan rings is 1. The van der Waals surface area contributed by atoms with E-state index in [1.54, 1.807) is 0 Å². The van der Waals surface area contributed by atoms with Crippen LogP contribution < -0.4 is 0 Å². The van der Waals surface area contributed by atoms with E-state index in [1.807, 2.05) is 0 Å². The molecule has 0 fully saturated rings. The molecule has 0 saturated heterocycles. The van der Waals surface area contributed by atoms with E-state index in [-0.39, 0.29) is 5.41 Å². The second kappa shape index (κ2) is 12.7. The lowest BCUT2D eigenvalue weighted by atomic mass is 9.80. The average Bonchev–Trinajstić information content (AvgIpc) is 3.98. The van der Waals surface area contributed by atoms with Crippen molar-refractivity contribution in [2.75, 3.05) is 0 Å². The molecule has 0 unspecified atom stereocenters. The number of rotatable bonds is 3. The molecule has 14 rings (SSSR count). The van der Waals surface area contributed by atoms with Crippen LogP contribution in [0.15, 0.2) is 199 Å². The number of hydrogen-bond donors (Lipinski definition) is 0. The normalized spacial score (nSPS) is 13.6. The van der Waals surface area contributed by atoms with Crippen molar-refractivity contribution in [2.45, 2.75) is 25.7 Å². The topological polar surface area (TPSA) is 13.1 Å². The highest BCUT2D eigenvalue weighted by atomic mass is 16.3. The van der Waals surface area contributed by atoms with Gasteiger partial charge in [-0.2, -0.15) is 0 Å². The zero-order valence-corrected chi connectivity index (χ0v) is 35.1. The molecule has 1 heterocycles. The molecule has 2 aliphatic rings. The van der Waals surface area contributed by atoms with Gasteiger partial charge >= 0.3 is 0 Å². The second-order valence-electron chi connectivity index (χ2n) is 18.3. The molecule has 0 spiro atoms. The predicted octanol–water partition coefficient (Wildman–Crippen LogP) is 17.1. The lowest BCUT2D eigenvalue weighted by Gasteiger charge is -2.23. The summed E-state index contributed by atoms with van der Waals surface area (Å²) in [5.41, 5.74) is 20.1. The summed E-state index contributed by atoms with van der Waals surface area (Å²) in [6, 6.07) is 72.5. The largest absolute Gasteiger partial charge is 0.456 e. The SMILES string of the molecule is CC1(C)c2ccc(-c3cc4c(oc5ccc6ccccc6c54)c4c3-c3ccccc3C4)cc2-c2ccc(-c3c4ccccc4c(-c4cccc5ccccc45)c4ccccc34)cc21. The summed E-state index contributed by atoms with van der Waals surface area (Å²) in [7, 11) is 0. The van der Waals surface area contributed by atoms with E-state index in [2.05, 4.69) is 208 Å². The molecule has 2 aliphatic carbocycles. The Bertz CT molecular complexity index is 3910. The maximum Gasteiger partial charge on any atom is 0.139 e. The molecule has 0 atom stereocenters. The monoisotopic (exact) mass is 800 g/mol. The van der Waals surface area contributed by atoms with Gasteiger partial charge in [0.25, 0.3) is 0 Å². The molecule has 0 bridgehead atoms. The van der Waals surface area contributed by atoms with Gasteiger partial charge in [0, 0.05) is 28.2 Å². The van der Waals surface area contributed by atoms with Crippen LogP contribution in [0.5, 0.6) is 0 Å². The van der Waals surface area contributed by atoms with Crippen molar-refractivity contribution in [2.24, 2.45) is 0 Å². The van der Waals surface area contributed by atoms with E-state index in [4.69, 9.17) is 4.42 Å². The lowest BCUT2D eigenvalue weighted by Crippen LogP contribution is -2.15. The van der Waals surface area contributed by atoms with E-state index in [0.29, 0.717) is 0 Å². The third-order valence-electron chi connectivity index (χ3n) is 14.7. The molecule has 0 amide bonds. The minimum atomic E-state index is -0.189. The highest BCUT2D eigenvalue weighted by Gasteiger charge is 2.37. The maximum absolute atomic E-state index is 6.82. The lowest BCUT2D eigenvalue weighted by molar-refractivity contribution is 0.660. The summed E-state index contributed by atoms with van der Waals surface area (Å²) >= 11 is 0. The Kier molecular flexibility index (Phi) is 7.02. The Morgan fingerprint density at radius 2 is 1.00 bits per heavy atom. The van der Waals surface area contributed by atoms with E-state index < -0.39 is 0 Å². The van der Waals surface area contributed by atoms with Crippen molar-refractivity contribution in [1.82, 2.24) is 0 Å². The highest BCUT2D eigenvalue weighted by Crippen LogP contribution is 2.55. The van der Waals surface area contributed by atoms with Crippen LogP contribution in [-0.4, -0.2) is 0 Å². The van der Waals surface area contributed by atoms with Crippen molar-refractivity contribution in [3.63, 3.8) is 0 Å². The third-order valence-corrected chi connectivity index (χ3v) is 14.7. The highest BCUT2D eigenvalue weighted by molar-refractivity contribution is 6.24. The maximum atomic E-state index is 6.82. The third kappa shape index (κ3) is 4.77. The van der Waals surface area contributed by atoms with Crippen molar-refractivity contribution in [3.8, 4) is 55.6 Å². The van der Waals surface area contributed by atoms with E-state index in [1.165, 1.54) is 132 Å².